The summed E-state index contributed by atoms with van der Waals surface area (Å²) in [5.74, 6) is 3.39. The van der Waals surface area contributed by atoms with Gasteiger partial charge >= 0.3 is 0 Å². The van der Waals surface area contributed by atoms with Crippen molar-refractivity contribution in [1.29, 1.82) is 0 Å². The van der Waals surface area contributed by atoms with Gasteiger partial charge in [0, 0.05) is 0 Å². The molecule has 0 spiro atoms. The summed E-state index contributed by atoms with van der Waals surface area (Å²) < 4.78 is 0. The molecular formula is C19H26. The van der Waals surface area contributed by atoms with Crippen molar-refractivity contribution < 1.29 is 0 Å². The largest absolute Gasteiger partial charge is 0.0760 e. The number of hydrogen-bond donors (Lipinski definition) is 0. The van der Waals surface area contributed by atoms with Gasteiger partial charge in [-0.25, -0.2) is 0 Å². The molecule has 0 bridgehead atoms. The molecule has 0 unspecified atom stereocenters. The Morgan fingerprint density at radius 3 is 2.68 bits per heavy atom. The summed E-state index contributed by atoms with van der Waals surface area (Å²) in [4.78, 5) is 0. The molecule has 3 atom stereocenters. The Kier molecular flexibility index (Phi) is 3.52. The molecule has 1 aromatic carbocycles. The fraction of sp³-hybridized carbons (Fsp3) is 0.579. The summed E-state index contributed by atoms with van der Waals surface area (Å²) in [6.07, 6.45) is 7.91. The van der Waals surface area contributed by atoms with Crippen molar-refractivity contribution in [3.05, 3.63) is 41.5 Å². The molecule has 0 N–H and O–H groups in total. The summed E-state index contributed by atoms with van der Waals surface area (Å²) >= 11 is 0. The van der Waals surface area contributed by atoms with E-state index in [9.17, 15) is 0 Å². The second-order valence-corrected chi connectivity index (χ2v) is 6.95. The van der Waals surface area contributed by atoms with E-state index >= 15 is 0 Å². The second-order valence-electron chi connectivity index (χ2n) is 6.95. The van der Waals surface area contributed by atoms with E-state index in [4.69, 9.17) is 0 Å². The molecule has 102 valence electrons. The molecule has 0 amide bonds. The fourth-order valence-electron chi connectivity index (χ4n) is 4.22. The molecule has 0 heteroatoms. The highest BCUT2D eigenvalue weighted by Gasteiger charge is 2.34. The first-order valence-electron chi connectivity index (χ1n) is 7.95. The summed E-state index contributed by atoms with van der Waals surface area (Å²) in [5, 5.41) is 0. The maximum Gasteiger partial charge on any atom is -0.00853 e. The van der Waals surface area contributed by atoms with Crippen LogP contribution in [0.1, 0.15) is 51.2 Å². The van der Waals surface area contributed by atoms with Crippen molar-refractivity contribution in [3.8, 4) is 0 Å². The molecule has 0 radical (unpaired) electrons. The summed E-state index contributed by atoms with van der Waals surface area (Å²) in [6.45, 7) is 7.26. The fourth-order valence-corrected chi connectivity index (χ4v) is 4.22. The topological polar surface area (TPSA) is 0 Å². The number of hydrogen-bond acceptors (Lipinski definition) is 0. The lowest BCUT2D eigenvalue weighted by Crippen LogP contribution is -2.28. The van der Waals surface area contributed by atoms with Crippen LogP contribution in [0.5, 0.6) is 0 Å². The van der Waals surface area contributed by atoms with Crippen LogP contribution in [0, 0.1) is 23.7 Å². The average Bonchev–Trinajstić information content (AvgIpc) is 2.82. The van der Waals surface area contributed by atoms with Crippen molar-refractivity contribution >= 4 is 5.57 Å². The zero-order chi connectivity index (χ0) is 13.4. The SMILES string of the molecule is CC(C)[C@H]1CC[C@H](C)C[C@H]1C1=CCc2ccccc21. The van der Waals surface area contributed by atoms with Crippen LogP contribution >= 0.6 is 0 Å². The predicted molar refractivity (Wildman–Crippen MR) is 83.0 cm³/mol. The minimum Gasteiger partial charge on any atom is -0.0760 e. The minimum absolute atomic E-state index is 0.799. The maximum atomic E-state index is 2.52. The van der Waals surface area contributed by atoms with Crippen molar-refractivity contribution in [2.75, 3.05) is 0 Å². The highest BCUT2D eigenvalue weighted by atomic mass is 14.4. The quantitative estimate of drug-likeness (QED) is 0.668. The van der Waals surface area contributed by atoms with Crippen molar-refractivity contribution in [1.82, 2.24) is 0 Å². The van der Waals surface area contributed by atoms with E-state index in [-0.39, 0.29) is 0 Å². The smallest absolute Gasteiger partial charge is 0.00853 e. The molecule has 2 aliphatic carbocycles. The van der Waals surface area contributed by atoms with Gasteiger partial charge in [-0.2, -0.15) is 0 Å². The normalized spacial score (nSPS) is 30.3. The molecule has 0 heterocycles. The zero-order valence-corrected chi connectivity index (χ0v) is 12.5. The van der Waals surface area contributed by atoms with E-state index in [1.165, 1.54) is 19.3 Å². The number of fused-ring (bicyclic) bond motifs is 1. The van der Waals surface area contributed by atoms with Gasteiger partial charge < -0.3 is 0 Å². The number of rotatable bonds is 2. The van der Waals surface area contributed by atoms with Gasteiger partial charge in [-0.3, -0.25) is 0 Å². The van der Waals surface area contributed by atoms with Crippen LogP contribution in [0.3, 0.4) is 0 Å². The highest BCUT2D eigenvalue weighted by molar-refractivity contribution is 5.74. The Labute approximate surface area is 117 Å². The Balaban J connectivity index is 1.92. The van der Waals surface area contributed by atoms with Gasteiger partial charge in [0.25, 0.3) is 0 Å². The Morgan fingerprint density at radius 2 is 1.89 bits per heavy atom. The molecule has 0 saturated heterocycles. The first-order valence-corrected chi connectivity index (χ1v) is 7.95. The molecule has 0 nitrogen and oxygen atoms in total. The van der Waals surface area contributed by atoms with Gasteiger partial charge in [0.1, 0.15) is 0 Å². The summed E-state index contributed by atoms with van der Waals surface area (Å²) in [6, 6.07) is 9.02. The van der Waals surface area contributed by atoms with E-state index in [0.29, 0.717) is 0 Å². The zero-order valence-electron chi connectivity index (χ0n) is 12.5. The molecular weight excluding hydrogens is 228 g/mol. The van der Waals surface area contributed by atoms with Gasteiger partial charge in [-0.05, 0) is 59.6 Å². The van der Waals surface area contributed by atoms with Crippen LogP contribution < -0.4 is 0 Å². The lowest BCUT2D eigenvalue weighted by molar-refractivity contribution is 0.185. The molecule has 3 rings (SSSR count). The van der Waals surface area contributed by atoms with Gasteiger partial charge in [-0.15, -0.1) is 0 Å². The molecule has 0 aromatic heterocycles. The van der Waals surface area contributed by atoms with E-state index in [2.05, 4.69) is 51.1 Å². The number of benzene rings is 1. The molecule has 2 aliphatic rings. The second kappa shape index (κ2) is 5.15. The third-order valence-electron chi connectivity index (χ3n) is 5.29. The van der Waals surface area contributed by atoms with Crippen LogP contribution in [0.25, 0.3) is 5.57 Å². The van der Waals surface area contributed by atoms with Crippen LogP contribution in [-0.4, -0.2) is 0 Å². The molecule has 1 aromatic rings. The van der Waals surface area contributed by atoms with E-state index in [0.717, 1.165) is 30.1 Å². The van der Waals surface area contributed by atoms with Crippen LogP contribution in [0.4, 0.5) is 0 Å². The minimum atomic E-state index is 0.799. The lowest BCUT2D eigenvalue weighted by atomic mass is 9.66. The molecule has 0 aliphatic heterocycles. The first-order chi connectivity index (χ1) is 9.16. The first kappa shape index (κ1) is 13.0. The third kappa shape index (κ3) is 2.38. The molecule has 19 heavy (non-hydrogen) atoms. The van der Waals surface area contributed by atoms with Crippen LogP contribution in [0.2, 0.25) is 0 Å². The summed E-state index contributed by atoms with van der Waals surface area (Å²) in [5.41, 5.74) is 4.76. The van der Waals surface area contributed by atoms with Crippen molar-refractivity contribution in [2.24, 2.45) is 23.7 Å². The van der Waals surface area contributed by atoms with Crippen molar-refractivity contribution in [3.63, 3.8) is 0 Å². The third-order valence-corrected chi connectivity index (χ3v) is 5.29. The van der Waals surface area contributed by atoms with E-state index in [1.807, 2.05) is 0 Å². The predicted octanol–water partition coefficient (Wildman–Crippen LogP) is 5.33. The standard InChI is InChI=1S/C19H26/c1-13(2)16-10-8-14(3)12-19(16)18-11-9-15-6-4-5-7-17(15)18/h4-7,11,13-14,16,19H,8-10,12H2,1-3H3/t14-,16+,19+/m0/s1. The average molecular weight is 254 g/mol. The Morgan fingerprint density at radius 1 is 1.11 bits per heavy atom. The summed E-state index contributed by atoms with van der Waals surface area (Å²) in [7, 11) is 0. The van der Waals surface area contributed by atoms with Crippen LogP contribution in [-0.2, 0) is 6.42 Å². The molecule has 1 fully saturated rings. The van der Waals surface area contributed by atoms with E-state index in [1.54, 1.807) is 16.7 Å². The monoisotopic (exact) mass is 254 g/mol. The van der Waals surface area contributed by atoms with Gasteiger partial charge in [0.05, 0.1) is 0 Å². The molecule has 1 saturated carbocycles. The van der Waals surface area contributed by atoms with Crippen LogP contribution in [0.15, 0.2) is 30.3 Å². The lowest BCUT2D eigenvalue weighted by Gasteiger charge is -2.38. The van der Waals surface area contributed by atoms with Crippen molar-refractivity contribution in [2.45, 2.75) is 46.5 Å². The van der Waals surface area contributed by atoms with Gasteiger partial charge in [0.15, 0.2) is 0 Å². The maximum absolute atomic E-state index is 2.52. The number of allylic oxidation sites excluding steroid dienone is 2. The Bertz CT molecular complexity index is 481. The highest BCUT2D eigenvalue weighted by Crippen LogP contribution is 2.47. The van der Waals surface area contributed by atoms with Gasteiger partial charge in [0.2, 0.25) is 0 Å². The van der Waals surface area contributed by atoms with E-state index < -0.39 is 0 Å². The van der Waals surface area contributed by atoms with Gasteiger partial charge in [-0.1, -0.05) is 57.5 Å². The Hall–Kier alpha value is -1.04.